The van der Waals surface area contributed by atoms with E-state index in [-0.39, 0.29) is 11.3 Å². The molecule has 0 radical (unpaired) electrons. The molecule has 0 spiro atoms. The number of carbonyl (C=O) groups excluding carboxylic acids is 1. The number of amides is 1. The number of hydrogen-bond donors (Lipinski definition) is 2. The average Bonchev–Trinajstić information content (AvgIpc) is 2.77. The average molecular weight is 421 g/mol. The predicted molar refractivity (Wildman–Crippen MR) is 121 cm³/mol. The summed E-state index contributed by atoms with van der Waals surface area (Å²) in [4.78, 5) is 23.4. The summed E-state index contributed by atoms with van der Waals surface area (Å²) in [5, 5.41) is 11.8. The van der Waals surface area contributed by atoms with Crippen molar-refractivity contribution in [3.63, 3.8) is 0 Å². The molecule has 1 amide bonds. The van der Waals surface area contributed by atoms with Gasteiger partial charge in [0.15, 0.2) is 11.5 Å². The first-order valence-corrected chi connectivity index (χ1v) is 10.1. The van der Waals surface area contributed by atoms with Gasteiger partial charge in [0.2, 0.25) is 5.91 Å². The Labute approximate surface area is 182 Å². The van der Waals surface area contributed by atoms with Crippen LogP contribution in [0, 0.1) is 11.8 Å². The Balaban J connectivity index is 1.96. The van der Waals surface area contributed by atoms with E-state index in [0.29, 0.717) is 24.5 Å². The largest absolute Gasteiger partial charge is 0.493 e. The molecular weight excluding hydrogens is 394 g/mol. The molecule has 6 nitrogen and oxygen atoms in total. The van der Waals surface area contributed by atoms with Crippen molar-refractivity contribution in [1.82, 2.24) is 0 Å². The number of unbranched alkanes of at least 4 members (excludes halogenated alkanes) is 2. The number of carboxylic acids is 1. The van der Waals surface area contributed by atoms with Gasteiger partial charge in [0.1, 0.15) is 0 Å². The van der Waals surface area contributed by atoms with E-state index < -0.39 is 11.9 Å². The van der Waals surface area contributed by atoms with Crippen molar-refractivity contribution in [2.75, 3.05) is 19.0 Å². The molecule has 162 valence electrons. The van der Waals surface area contributed by atoms with E-state index in [4.69, 9.17) is 9.47 Å². The molecule has 0 aromatic heterocycles. The van der Waals surface area contributed by atoms with Crippen LogP contribution in [0.1, 0.15) is 48.5 Å². The van der Waals surface area contributed by atoms with E-state index in [1.165, 1.54) is 12.1 Å². The van der Waals surface area contributed by atoms with Crippen molar-refractivity contribution < 1.29 is 24.2 Å². The molecule has 0 aliphatic rings. The van der Waals surface area contributed by atoms with E-state index >= 15 is 0 Å². The molecule has 2 rings (SSSR count). The number of rotatable bonds is 10. The molecule has 2 N–H and O–H groups in total. The molecule has 31 heavy (non-hydrogen) atoms. The van der Waals surface area contributed by atoms with E-state index in [2.05, 4.69) is 24.1 Å². The van der Waals surface area contributed by atoms with Crippen LogP contribution in [-0.2, 0) is 4.79 Å². The fourth-order valence-electron chi connectivity index (χ4n) is 2.69. The zero-order valence-electron chi connectivity index (χ0n) is 17.8. The Morgan fingerprint density at radius 3 is 2.61 bits per heavy atom. The fourth-order valence-corrected chi connectivity index (χ4v) is 2.69. The monoisotopic (exact) mass is 421 g/mol. The third-order valence-electron chi connectivity index (χ3n) is 4.30. The minimum atomic E-state index is -1.10. The first-order chi connectivity index (χ1) is 15.0. The SMILES string of the molecule is CCCCC#CCCOc1ccc(/C=C/C(=O)Nc2ccccc2C(=O)O)cc1OC. The molecule has 0 aliphatic heterocycles. The second-order valence-corrected chi connectivity index (χ2v) is 6.64. The number of benzene rings is 2. The van der Waals surface area contributed by atoms with Crippen LogP contribution >= 0.6 is 0 Å². The normalized spacial score (nSPS) is 10.3. The lowest BCUT2D eigenvalue weighted by atomic mass is 10.1. The molecule has 0 fully saturated rings. The van der Waals surface area contributed by atoms with Crippen molar-refractivity contribution in [2.24, 2.45) is 0 Å². The lowest BCUT2D eigenvalue weighted by Crippen LogP contribution is -2.11. The van der Waals surface area contributed by atoms with Crippen LogP contribution in [0.5, 0.6) is 11.5 Å². The minimum absolute atomic E-state index is 0.0301. The number of carboxylic acid groups (broad SMARTS) is 1. The van der Waals surface area contributed by atoms with Gasteiger partial charge in [0.25, 0.3) is 0 Å². The van der Waals surface area contributed by atoms with Gasteiger partial charge in [-0.2, -0.15) is 0 Å². The highest BCUT2D eigenvalue weighted by molar-refractivity contribution is 6.06. The molecular formula is C25H27NO5. The first kappa shape index (κ1) is 23.6. The summed E-state index contributed by atoms with van der Waals surface area (Å²) in [5.74, 6) is 5.84. The third-order valence-corrected chi connectivity index (χ3v) is 4.30. The van der Waals surface area contributed by atoms with Gasteiger partial charge in [-0.3, -0.25) is 4.79 Å². The molecule has 0 saturated carbocycles. The third kappa shape index (κ3) is 7.90. The zero-order chi connectivity index (χ0) is 22.5. The summed E-state index contributed by atoms with van der Waals surface area (Å²) in [5.41, 5.74) is 1.01. The van der Waals surface area contributed by atoms with Crippen LogP contribution in [0.25, 0.3) is 6.08 Å². The summed E-state index contributed by atoms with van der Waals surface area (Å²) >= 11 is 0. The van der Waals surface area contributed by atoms with Gasteiger partial charge in [-0.15, -0.1) is 5.92 Å². The van der Waals surface area contributed by atoms with E-state index in [1.54, 1.807) is 49.6 Å². The van der Waals surface area contributed by atoms with E-state index in [9.17, 15) is 14.7 Å². The van der Waals surface area contributed by atoms with Crippen molar-refractivity contribution in [2.45, 2.75) is 32.6 Å². The second-order valence-electron chi connectivity index (χ2n) is 6.64. The smallest absolute Gasteiger partial charge is 0.337 e. The van der Waals surface area contributed by atoms with Gasteiger partial charge in [-0.1, -0.05) is 37.5 Å². The van der Waals surface area contributed by atoms with Crippen molar-refractivity contribution in [3.8, 4) is 23.3 Å². The Morgan fingerprint density at radius 1 is 1.10 bits per heavy atom. The van der Waals surface area contributed by atoms with Crippen molar-refractivity contribution >= 4 is 23.6 Å². The van der Waals surface area contributed by atoms with Crippen LogP contribution < -0.4 is 14.8 Å². The highest BCUT2D eigenvalue weighted by Gasteiger charge is 2.10. The Kier molecular flexibility index (Phi) is 9.70. The molecule has 0 saturated heterocycles. The summed E-state index contributed by atoms with van der Waals surface area (Å²) in [6.07, 6.45) is 6.76. The molecule has 0 unspecified atom stereocenters. The number of nitrogens with one attached hydrogen (secondary N) is 1. The van der Waals surface area contributed by atoms with Gasteiger partial charge in [0.05, 0.1) is 25.0 Å². The van der Waals surface area contributed by atoms with Crippen molar-refractivity contribution in [3.05, 3.63) is 59.7 Å². The molecule has 0 atom stereocenters. The number of aromatic carboxylic acids is 1. The maximum atomic E-state index is 12.2. The molecule has 0 aliphatic carbocycles. The summed E-state index contributed by atoms with van der Waals surface area (Å²) < 4.78 is 11.1. The van der Waals surface area contributed by atoms with Gasteiger partial charge < -0.3 is 19.9 Å². The molecule has 0 heterocycles. The van der Waals surface area contributed by atoms with Crippen LogP contribution in [-0.4, -0.2) is 30.7 Å². The molecule has 2 aromatic rings. The highest BCUT2D eigenvalue weighted by atomic mass is 16.5. The lowest BCUT2D eigenvalue weighted by molar-refractivity contribution is -0.111. The quantitative estimate of drug-likeness (QED) is 0.320. The zero-order valence-corrected chi connectivity index (χ0v) is 17.8. The topological polar surface area (TPSA) is 84.9 Å². The van der Waals surface area contributed by atoms with Crippen LogP contribution in [0.2, 0.25) is 0 Å². The first-order valence-electron chi connectivity index (χ1n) is 10.1. The number of anilines is 1. The number of ether oxygens (including phenoxy) is 2. The van der Waals surface area contributed by atoms with Crippen molar-refractivity contribution in [1.29, 1.82) is 0 Å². The number of hydrogen-bond acceptors (Lipinski definition) is 4. The second kappa shape index (κ2) is 12.8. The number of carbonyl (C=O) groups is 2. The molecule has 2 aromatic carbocycles. The fraction of sp³-hybridized carbons (Fsp3) is 0.280. The van der Waals surface area contributed by atoms with Gasteiger partial charge in [-0.25, -0.2) is 4.79 Å². The predicted octanol–water partition coefficient (Wildman–Crippen LogP) is 5.01. The van der Waals surface area contributed by atoms with Gasteiger partial charge in [0, 0.05) is 18.9 Å². The van der Waals surface area contributed by atoms with Crippen LogP contribution in [0.3, 0.4) is 0 Å². The number of methoxy groups -OCH3 is 1. The standard InChI is InChI=1S/C25H27NO5/c1-3-4-5-6-7-10-17-31-22-15-13-19(18-23(22)30-2)14-16-24(27)26-21-12-9-8-11-20(21)25(28)29/h8-9,11-16,18H,3-5,10,17H2,1-2H3,(H,26,27)(H,28,29)/b16-14+. The van der Waals surface area contributed by atoms with Crippen LogP contribution in [0.4, 0.5) is 5.69 Å². The van der Waals surface area contributed by atoms with E-state index in [1.807, 2.05) is 0 Å². The minimum Gasteiger partial charge on any atom is -0.493 e. The van der Waals surface area contributed by atoms with Gasteiger partial charge in [-0.05, 0) is 42.3 Å². The highest BCUT2D eigenvalue weighted by Crippen LogP contribution is 2.28. The summed E-state index contributed by atoms with van der Waals surface area (Å²) in [6.45, 7) is 2.61. The van der Waals surface area contributed by atoms with Gasteiger partial charge >= 0.3 is 5.97 Å². The summed E-state index contributed by atoms with van der Waals surface area (Å²) in [7, 11) is 1.55. The Morgan fingerprint density at radius 2 is 1.87 bits per heavy atom. The van der Waals surface area contributed by atoms with E-state index in [0.717, 1.165) is 24.8 Å². The number of para-hydroxylation sites is 1. The molecule has 0 bridgehead atoms. The maximum absolute atomic E-state index is 12.2. The molecule has 6 heteroatoms. The summed E-state index contributed by atoms with van der Waals surface area (Å²) in [6, 6.07) is 11.6. The van der Waals surface area contributed by atoms with Crippen LogP contribution in [0.15, 0.2) is 48.5 Å². The Hall–Kier alpha value is -3.72. The lowest BCUT2D eigenvalue weighted by Gasteiger charge is -2.10. The Bertz CT molecular complexity index is 985. The maximum Gasteiger partial charge on any atom is 0.337 e.